The van der Waals surface area contributed by atoms with Gasteiger partial charge in [0.1, 0.15) is 16.4 Å². The molecule has 1 unspecified atom stereocenters. The van der Waals surface area contributed by atoms with Gasteiger partial charge in [0.05, 0.1) is 13.2 Å². The van der Waals surface area contributed by atoms with Gasteiger partial charge in [0.2, 0.25) is 0 Å². The van der Waals surface area contributed by atoms with Crippen LogP contribution in [0, 0.1) is 10.1 Å². The summed E-state index contributed by atoms with van der Waals surface area (Å²) < 4.78 is 10.3. The third-order valence-corrected chi connectivity index (χ3v) is 3.79. The second-order valence-corrected chi connectivity index (χ2v) is 5.04. The Morgan fingerprint density at radius 1 is 1.32 bits per heavy atom. The Labute approximate surface area is 126 Å². The maximum atomic E-state index is 12.5. The van der Waals surface area contributed by atoms with Crippen LogP contribution < -0.4 is 4.74 Å². The minimum absolute atomic E-state index is 0.0933. The molecule has 1 atom stereocenters. The van der Waals surface area contributed by atoms with Crippen molar-refractivity contribution >= 4 is 17.7 Å². The largest absolute Gasteiger partial charge is 0.497 e. The van der Waals surface area contributed by atoms with Gasteiger partial charge in [-0.25, -0.2) is 0 Å². The van der Waals surface area contributed by atoms with Crippen LogP contribution in [0.4, 0.5) is 5.88 Å². The quantitative estimate of drug-likeness (QED) is 0.491. The molecule has 0 bridgehead atoms. The van der Waals surface area contributed by atoms with Crippen LogP contribution in [0.15, 0.2) is 40.3 Å². The van der Waals surface area contributed by atoms with Crippen LogP contribution in [0.1, 0.15) is 34.5 Å². The highest BCUT2D eigenvalue weighted by molar-refractivity contribution is 6.16. The van der Waals surface area contributed by atoms with Gasteiger partial charge >= 0.3 is 5.88 Å². The molecule has 1 aliphatic rings. The minimum atomic E-state index is -0.610. The lowest BCUT2D eigenvalue weighted by Crippen LogP contribution is -1.96. The van der Waals surface area contributed by atoms with Gasteiger partial charge in [-0.3, -0.25) is 14.9 Å². The van der Waals surface area contributed by atoms with E-state index in [0.29, 0.717) is 22.6 Å². The van der Waals surface area contributed by atoms with E-state index in [2.05, 4.69) is 0 Å². The normalized spacial score (nSPS) is 18.5. The summed E-state index contributed by atoms with van der Waals surface area (Å²) in [5.41, 5.74) is 2.06. The summed E-state index contributed by atoms with van der Waals surface area (Å²) in [6.45, 7) is 1.91. The number of furan rings is 1. The Balaban J connectivity index is 2.00. The number of fused-ring (bicyclic) bond motifs is 1. The van der Waals surface area contributed by atoms with E-state index in [0.717, 1.165) is 5.56 Å². The number of nitro groups is 1. The van der Waals surface area contributed by atoms with Gasteiger partial charge in [0, 0.05) is 17.1 Å². The third kappa shape index (κ3) is 2.18. The van der Waals surface area contributed by atoms with Crippen LogP contribution in [-0.2, 0) is 0 Å². The molecule has 1 aromatic carbocycles. The van der Waals surface area contributed by atoms with Crippen LogP contribution in [0.3, 0.4) is 0 Å². The van der Waals surface area contributed by atoms with Crippen molar-refractivity contribution in [2.45, 2.75) is 12.8 Å². The molecule has 0 saturated carbocycles. The predicted molar refractivity (Wildman–Crippen MR) is 79.1 cm³/mol. The van der Waals surface area contributed by atoms with Crippen molar-refractivity contribution in [3.63, 3.8) is 0 Å². The number of benzene rings is 1. The molecule has 0 aliphatic heterocycles. The first-order valence-corrected chi connectivity index (χ1v) is 6.69. The monoisotopic (exact) mass is 299 g/mol. The molecule has 3 rings (SSSR count). The first-order valence-electron chi connectivity index (χ1n) is 6.69. The topological polar surface area (TPSA) is 82.6 Å². The zero-order chi connectivity index (χ0) is 15.9. The maximum absolute atomic E-state index is 12.5. The molecule has 1 heterocycles. The number of ether oxygens (including phenoxy) is 1. The summed E-state index contributed by atoms with van der Waals surface area (Å²) in [5, 5.41) is 10.6. The second kappa shape index (κ2) is 5.14. The summed E-state index contributed by atoms with van der Waals surface area (Å²) in [6.07, 6.45) is 1.56. The third-order valence-electron chi connectivity index (χ3n) is 3.79. The van der Waals surface area contributed by atoms with Crippen LogP contribution in [0.2, 0.25) is 0 Å². The van der Waals surface area contributed by atoms with Gasteiger partial charge in [-0.05, 0) is 35.9 Å². The standard InChI is InChI=1S/C16H13NO5/c1-9-13-7-10(21-2)3-5-12(13)16(18)14(9)8-11-4-6-15(22-11)17(19)20/h3-9H,1-2H3. The van der Waals surface area contributed by atoms with Gasteiger partial charge < -0.3 is 9.15 Å². The Morgan fingerprint density at radius 2 is 2.09 bits per heavy atom. The van der Waals surface area contributed by atoms with Crippen molar-refractivity contribution in [2.75, 3.05) is 7.11 Å². The van der Waals surface area contributed by atoms with Gasteiger partial charge in [-0.15, -0.1) is 0 Å². The molecular weight excluding hydrogens is 286 g/mol. The molecule has 0 amide bonds. The molecule has 1 aliphatic carbocycles. The van der Waals surface area contributed by atoms with Crippen molar-refractivity contribution in [3.05, 3.63) is 62.9 Å². The van der Waals surface area contributed by atoms with E-state index >= 15 is 0 Å². The van der Waals surface area contributed by atoms with E-state index < -0.39 is 4.92 Å². The SMILES string of the molecule is COc1ccc2c(c1)C(C)C(=Cc1ccc([N+](=O)[O-])o1)C2=O. The molecule has 2 aromatic rings. The molecule has 0 spiro atoms. The van der Waals surface area contributed by atoms with E-state index in [9.17, 15) is 14.9 Å². The van der Waals surface area contributed by atoms with Crippen molar-refractivity contribution in [2.24, 2.45) is 0 Å². The van der Waals surface area contributed by atoms with Crippen LogP contribution in [0.5, 0.6) is 5.75 Å². The van der Waals surface area contributed by atoms with E-state index in [1.165, 1.54) is 12.1 Å². The molecular formula is C16H13NO5. The molecule has 0 saturated heterocycles. The maximum Gasteiger partial charge on any atom is 0.433 e. The number of methoxy groups -OCH3 is 1. The average Bonchev–Trinajstić information content (AvgIpc) is 3.07. The Bertz CT molecular complexity index is 803. The van der Waals surface area contributed by atoms with Crippen LogP contribution >= 0.6 is 0 Å². The van der Waals surface area contributed by atoms with Crippen LogP contribution in [0.25, 0.3) is 6.08 Å². The number of Topliss-reactive ketones (excluding diaryl/α,β-unsaturated/α-hetero) is 1. The predicted octanol–water partition coefficient (Wildman–Crippen LogP) is 3.58. The number of carbonyl (C=O) groups excluding carboxylic acids is 1. The summed E-state index contributed by atoms with van der Waals surface area (Å²) in [6, 6.07) is 8.06. The van der Waals surface area contributed by atoms with Crippen molar-refractivity contribution in [1.29, 1.82) is 0 Å². The number of carbonyl (C=O) groups is 1. The van der Waals surface area contributed by atoms with E-state index in [4.69, 9.17) is 9.15 Å². The summed E-state index contributed by atoms with van der Waals surface area (Å²) in [5.74, 6) is 0.421. The van der Waals surface area contributed by atoms with Crippen LogP contribution in [-0.4, -0.2) is 17.8 Å². The zero-order valence-electron chi connectivity index (χ0n) is 12.0. The number of rotatable bonds is 3. The fraction of sp³-hybridized carbons (Fsp3) is 0.188. The minimum Gasteiger partial charge on any atom is -0.497 e. The molecule has 1 aromatic heterocycles. The number of allylic oxidation sites excluding steroid dienone is 1. The molecule has 0 N–H and O–H groups in total. The van der Waals surface area contributed by atoms with Crippen molar-refractivity contribution in [1.82, 2.24) is 0 Å². The molecule has 22 heavy (non-hydrogen) atoms. The fourth-order valence-electron chi connectivity index (χ4n) is 2.61. The highest BCUT2D eigenvalue weighted by atomic mass is 16.6. The molecule has 112 valence electrons. The highest BCUT2D eigenvalue weighted by Crippen LogP contribution is 2.40. The Morgan fingerprint density at radius 3 is 2.73 bits per heavy atom. The van der Waals surface area contributed by atoms with Crippen molar-refractivity contribution in [3.8, 4) is 5.75 Å². The lowest BCUT2D eigenvalue weighted by molar-refractivity contribution is -0.402. The fourth-order valence-corrected chi connectivity index (χ4v) is 2.61. The molecule has 0 fully saturated rings. The van der Waals surface area contributed by atoms with Gasteiger partial charge in [0.15, 0.2) is 5.78 Å². The first-order chi connectivity index (χ1) is 10.5. The number of ketones is 1. The number of hydrogen-bond acceptors (Lipinski definition) is 5. The average molecular weight is 299 g/mol. The Hall–Kier alpha value is -2.89. The molecule has 0 radical (unpaired) electrons. The van der Waals surface area contributed by atoms with E-state index in [1.54, 1.807) is 25.3 Å². The molecule has 6 nitrogen and oxygen atoms in total. The van der Waals surface area contributed by atoms with E-state index in [-0.39, 0.29) is 17.6 Å². The van der Waals surface area contributed by atoms with Gasteiger partial charge in [0.25, 0.3) is 0 Å². The number of hydrogen-bond donors (Lipinski definition) is 0. The first kappa shape index (κ1) is 14.1. The van der Waals surface area contributed by atoms with E-state index in [1.807, 2.05) is 13.0 Å². The Kier molecular flexibility index (Phi) is 3.29. The lowest BCUT2D eigenvalue weighted by atomic mass is 9.99. The van der Waals surface area contributed by atoms with Crippen molar-refractivity contribution < 1.29 is 18.9 Å². The van der Waals surface area contributed by atoms with Gasteiger partial charge in [-0.1, -0.05) is 6.92 Å². The smallest absolute Gasteiger partial charge is 0.433 e. The number of nitrogens with zero attached hydrogens (tertiary/aromatic N) is 1. The van der Waals surface area contributed by atoms with Gasteiger partial charge in [-0.2, -0.15) is 0 Å². The summed E-state index contributed by atoms with van der Waals surface area (Å²) >= 11 is 0. The second-order valence-electron chi connectivity index (χ2n) is 5.04. The zero-order valence-corrected chi connectivity index (χ0v) is 12.0. The summed E-state index contributed by atoms with van der Waals surface area (Å²) in [4.78, 5) is 22.5. The highest BCUT2D eigenvalue weighted by Gasteiger charge is 2.32. The summed E-state index contributed by atoms with van der Waals surface area (Å²) in [7, 11) is 1.57. The lowest BCUT2D eigenvalue weighted by Gasteiger charge is -2.06. The molecule has 6 heteroatoms.